The van der Waals surface area contributed by atoms with Crippen molar-refractivity contribution in [1.29, 1.82) is 5.26 Å². The lowest BCUT2D eigenvalue weighted by Gasteiger charge is -2.21. The summed E-state index contributed by atoms with van der Waals surface area (Å²) in [6, 6.07) is 12.0. The molecule has 98 valence electrons. The fraction of sp³-hybridized carbons (Fsp3) is 0.125. The molecule has 0 atom stereocenters. The molecule has 0 saturated carbocycles. The average molecular weight is 263 g/mol. The summed E-state index contributed by atoms with van der Waals surface area (Å²) in [4.78, 5) is 6.37. The number of nitrogens with zero attached hydrogens (tertiary/aromatic N) is 3. The number of aromatic nitrogens is 1. The van der Waals surface area contributed by atoms with Gasteiger partial charge in [0, 0.05) is 30.7 Å². The molecule has 0 saturated heterocycles. The van der Waals surface area contributed by atoms with E-state index in [1.54, 1.807) is 18.7 Å². The number of hydrogen-bond acceptors (Lipinski definition) is 4. The van der Waals surface area contributed by atoms with E-state index in [4.69, 9.17) is 4.42 Å². The molecule has 3 rings (SSSR count). The summed E-state index contributed by atoms with van der Waals surface area (Å²) in [5, 5.41) is 10.3. The van der Waals surface area contributed by atoms with E-state index in [-0.39, 0.29) is 0 Å². The molecule has 0 fully saturated rings. The van der Waals surface area contributed by atoms with Crippen molar-refractivity contribution in [3.63, 3.8) is 0 Å². The van der Waals surface area contributed by atoms with Gasteiger partial charge in [0.2, 0.25) is 0 Å². The number of pyridine rings is 1. The highest BCUT2D eigenvalue weighted by Crippen LogP contribution is 2.29. The SMILES string of the molecule is CN(Cc1ccoc1)c1c(C#N)cnc2ccccc12. The monoisotopic (exact) mass is 263 g/mol. The van der Waals surface area contributed by atoms with Gasteiger partial charge in [-0.05, 0) is 12.1 Å². The van der Waals surface area contributed by atoms with Crippen molar-refractivity contribution < 1.29 is 4.42 Å². The maximum absolute atomic E-state index is 9.32. The van der Waals surface area contributed by atoms with Crippen molar-refractivity contribution in [3.8, 4) is 6.07 Å². The first-order valence-corrected chi connectivity index (χ1v) is 6.29. The zero-order chi connectivity index (χ0) is 13.9. The molecule has 3 aromatic rings. The normalized spacial score (nSPS) is 10.4. The number of anilines is 1. The van der Waals surface area contributed by atoms with E-state index < -0.39 is 0 Å². The Labute approximate surface area is 116 Å². The highest BCUT2D eigenvalue weighted by atomic mass is 16.3. The third kappa shape index (κ3) is 2.10. The van der Waals surface area contributed by atoms with Crippen LogP contribution in [0.25, 0.3) is 10.9 Å². The summed E-state index contributed by atoms with van der Waals surface area (Å²) in [6.07, 6.45) is 4.99. The van der Waals surface area contributed by atoms with E-state index in [1.165, 1.54) is 0 Å². The molecular weight excluding hydrogens is 250 g/mol. The van der Waals surface area contributed by atoms with Gasteiger partial charge in [-0.2, -0.15) is 5.26 Å². The van der Waals surface area contributed by atoms with Gasteiger partial charge < -0.3 is 9.32 Å². The topological polar surface area (TPSA) is 53.1 Å². The molecule has 4 heteroatoms. The Balaban J connectivity index is 2.11. The van der Waals surface area contributed by atoms with E-state index >= 15 is 0 Å². The molecule has 0 N–H and O–H groups in total. The van der Waals surface area contributed by atoms with Gasteiger partial charge in [-0.25, -0.2) is 0 Å². The molecule has 2 heterocycles. The standard InChI is InChI=1S/C16H13N3O/c1-19(10-12-6-7-20-11-12)16-13(8-17)9-18-15-5-3-2-4-14(15)16/h2-7,9,11H,10H2,1H3. The Kier molecular flexibility index (Phi) is 3.10. The van der Waals surface area contributed by atoms with E-state index in [2.05, 4.69) is 11.1 Å². The zero-order valence-electron chi connectivity index (χ0n) is 11.1. The highest BCUT2D eigenvalue weighted by Gasteiger charge is 2.13. The quantitative estimate of drug-likeness (QED) is 0.727. The zero-order valence-corrected chi connectivity index (χ0v) is 11.1. The van der Waals surface area contributed by atoms with E-state index in [0.29, 0.717) is 12.1 Å². The molecule has 1 aromatic carbocycles. The lowest BCUT2D eigenvalue weighted by Crippen LogP contribution is -2.17. The van der Waals surface area contributed by atoms with Crippen molar-refractivity contribution in [2.24, 2.45) is 0 Å². The minimum Gasteiger partial charge on any atom is -0.472 e. The minimum atomic E-state index is 0.578. The molecule has 20 heavy (non-hydrogen) atoms. The number of fused-ring (bicyclic) bond motifs is 1. The summed E-state index contributed by atoms with van der Waals surface area (Å²) in [5.41, 5.74) is 3.44. The van der Waals surface area contributed by atoms with Crippen molar-refractivity contribution in [1.82, 2.24) is 4.98 Å². The van der Waals surface area contributed by atoms with Crippen molar-refractivity contribution in [2.75, 3.05) is 11.9 Å². The van der Waals surface area contributed by atoms with E-state index in [9.17, 15) is 5.26 Å². The van der Waals surface area contributed by atoms with E-state index in [1.807, 2.05) is 42.3 Å². The third-order valence-corrected chi connectivity index (χ3v) is 3.25. The first-order chi connectivity index (χ1) is 9.79. The Morgan fingerprint density at radius 2 is 2.15 bits per heavy atom. The van der Waals surface area contributed by atoms with Gasteiger partial charge >= 0.3 is 0 Å². The first kappa shape index (κ1) is 12.2. The van der Waals surface area contributed by atoms with Crippen LogP contribution in [-0.4, -0.2) is 12.0 Å². The van der Waals surface area contributed by atoms with Crippen LogP contribution in [0.4, 0.5) is 5.69 Å². The second-order valence-corrected chi connectivity index (χ2v) is 4.64. The summed E-state index contributed by atoms with van der Waals surface area (Å²) in [5.74, 6) is 0. The van der Waals surface area contributed by atoms with Gasteiger partial charge in [-0.15, -0.1) is 0 Å². The fourth-order valence-electron chi connectivity index (χ4n) is 2.36. The highest BCUT2D eigenvalue weighted by molar-refractivity contribution is 5.94. The molecule has 0 radical (unpaired) electrons. The minimum absolute atomic E-state index is 0.578. The lowest BCUT2D eigenvalue weighted by molar-refractivity contribution is 0.563. The van der Waals surface area contributed by atoms with Crippen LogP contribution in [0.3, 0.4) is 0 Å². The predicted octanol–water partition coefficient (Wildman–Crippen LogP) is 3.34. The van der Waals surface area contributed by atoms with Crippen LogP contribution in [0, 0.1) is 11.3 Å². The molecule has 0 spiro atoms. The number of rotatable bonds is 3. The van der Waals surface area contributed by atoms with Crippen LogP contribution in [0.5, 0.6) is 0 Å². The molecular formula is C16H13N3O. The Morgan fingerprint density at radius 3 is 2.90 bits per heavy atom. The summed E-state index contributed by atoms with van der Waals surface area (Å²) in [7, 11) is 1.97. The summed E-state index contributed by atoms with van der Waals surface area (Å²) < 4.78 is 5.09. The van der Waals surface area contributed by atoms with Gasteiger partial charge in [0.25, 0.3) is 0 Å². The molecule has 0 bridgehead atoms. The number of para-hydroxylation sites is 1. The third-order valence-electron chi connectivity index (χ3n) is 3.25. The van der Waals surface area contributed by atoms with Gasteiger partial charge in [0.15, 0.2) is 0 Å². The molecule has 0 aliphatic heterocycles. The fourth-order valence-corrected chi connectivity index (χ4v) is 2.36. The van der Waals surface area contributed by atoms with Crippen molar-refractivity contribution in [2.45, 2.75) is 6.54 Å². The van der Waals surface area contributed by atoms with Gasteiger partial charge in [0.1, 0.15) is 6.07 Å². The first-order valence-electron chi connectivity index (χ1n) is 6.29. The molecule has 0 amide bonds. The molecule has 2 aromatic heterocycles. The maximum Gasteiger partial charge on any atom is 0.103 e. The summed E-state index contributed by atoms with van der Waals surface area (Å²) in [6.45, 7) is 0.680. The summed E-state index contributed by atoms with van der Waals surface area (Å²) >= 11 is 0. The van der Waals surface area contributed by atoms with Crippen LogP contribution >= 0.6 is 0 Å². The van der Waals surface area contributed by atoms with Crippen LogP contribution in [0.1, 0.15) is 11.1 Å². The van der Waals surface area contributed by atoms with Crippen LogP contribution in [0.15, 0.2) is 53.5 Å². The Morgan fingerprint density at radius 1 is 1.30 bits per heavy atom. The second kappa shape index (κ2) is 5.06. The van der Waals surface area contributed by atoms with Gasteiger partial charge in [-0.1, -0.05) is 18.2 Å². The lowest BCUT2D eigenvalue weighted by atomic mass is 10.1. The molecule has 0 aliphatic carbocycles. The maximum atomic E-state index is 9.32. The number of nitriles is 1. The average Bonchev–Trinajstić information content (AvgIpc) is 2.98. The van der Waals surface area contributed by atoms with Crippen LogP contribution < -0.4 is 4.90 Å². The van der Waals surface area contributed by atoms with E-state index in [0.717, 1.165) is 22.2 Å². The predicted molar refractivity (Wildman–Crippen MR) is 77.3 cm³/mol. The number of benzene rings is 1. The number of hydrogen-bond donors (Lipinski definition) is 0. The van der Waals surface area contributed by atoms with Crippen LogP contribution in [-0.2, 0) is 6.54 Å². The molecule has 4 nitrogen and oxygen atoms in total. The van der Waals surface area contributed by atoms with Crippen LogP contribution in [0.2, 0.25) is 0 Å². The van der Waals surface area contributed by atoms with Gasteiger partial charge in [-0.3, -0.25) is 4.98 Å². The molecule has 0 aliphatic rings. The second-order valence-electron chi connectivity index (χ2n) is 4.64. The Bertz CT molecular complexity index is 772. The largest absolute Gasteiger partial charge is 0.472 e. The van der Waals surface area contributed by atoms with Crippen molar-refractivity contribution in [3.05, 3.63) is 60.2 Å². The van der Waals surface area contributed by atoms with Crippen molar-refractivity contribution >= 4 is 16.6 Å². The van der Waals surface area contributed by atoms with Gasteiger partial charge in [0.05, 0.1) is 29.3 Å². The smallest absolute Gasteiger partial charge is 0.103 e. The Hall–Kier alpha value is -2.80. The molecule has 0 unspecified atom stereocenters. The number of furan rings is 1.